The van der Waals surface area contributed by atoms with Crippen LogP contribution in [0.4, 0.5) is 5.69 Å². The largest absolute Gasteiger partial charge is 0.412 e. The average Bonchev–Trinajstić information content (AvgIpc) is 3.11. The smallest absolute Gasteiger partial charge is 0.342 e. The highest BCUT2D eigenvalue weighted by Gasteiger charge is 2.52. The van der Waals surface area contributed by atoms with E-state index in [0.717, 1.165) is 0 Å². The van der Waals surface area contributed by atoms with E-state index in [0.29, 0.717) is 22.4 Å². The number of hydrogen-bond donors (Lipinski definition) is 0. The number of non-ortho nitro benzene ring substituents is 1. The van der Waals surface area contributed by atoms with Crippen LogP contribution in [-0.4, -0.2) is 16.6 Å². The van der Waals surface area contributed by atoms with Crippen molar-refractivity contribution >= 4 is 17.4 Å². The summed E-state index contributed by atoms with van der Waals surface area (Å²) in [6.07, 6.45) is 0.258. The number of ether oxygens (including phenoxy) is 1. The minimum Gasteiger partial charge on any atom is -0.412 e. The second kappa shape index (κ2) is 4.64. The van der Waals surface area contributed by atoms with Gasteiger partial charge in [0.2, 0.25) is 0 Å². The Kier molecular flexibility index (Phi) is 2.71. The summed E-state index contributed by atoms with van der Waals surface area (Å²) in [5.41, 5.74) is 2.37. The molecule has 0 amide bonds. The van der Waals surface area contributed by atoms with E-state index in [1.807, 2.05) is 0 Å². The first-order valence-electron chi connectivity index (χ1n) is 6.92. The van der Waals surface area contributed by atoms with Gasteiger partial charge < -0.3 is 9.57 Å². The third-order valence-electron chi connectivity index (χ3n) is 3.93. The molecule has 4 rings (SSSR count). The number of hydrogen-bond acceptors (Lipinski definition) is 6. The van der Waals surface area contributed by atoms with Crippen LogP contribution in [0.25, 0.3) is 0 Å². The van der Waals surface area contributed by atoms with Crippen molar-refractivity contribution in [2.24, 2.45) is 5.16 Å². The van der Waals surface area contributed by atoms with E-state index in [4.69, 9.17) is 9.57 Å². The normalized spacial score (nSPS) is 21.6. The van der Waals surface area contributed by atoms with Crippen molar-refractivity contribution in [3.8, 4) is 0 Å². The Balaban J connectivity index is 1.65. The summed E-state index contributed by atoms with van der Waals surface area (Å²) >= 11 is 0. The maximum absolute atomic E-state index is 12.0. The predicted molar refractivity (Wildman–Crippen MR) is 78.9 cm³/mol. The lowest BCUT2D eigenvalue weighted by atomic mass is 9.96. The summed E-state index contributed by atoms with van der Waals surface area (Å²) in [4.78, 5) is 27.7. The molecule has 114 valence electrons. The first kappa shape index (κ1) is 13.4. The van der Waals surface area contributed by atoms with Crippen LogP contribution >= 0.6 is 0 Å². The van der Waals surface area contributed by atoms with Crippen LogP contribution in [0.2, 0.25) is 0 Å². The molecule has 1 spiro atoms. The monoisotopic (exact) mass is 310 g/mol. The highest BCUT2D eigenvalue weighted by molar-refractivity contribution is 6.03. The van der Waals surface area contributed by atoms with Gasteiger partial charge in [-0.3, -0.25) is 10.1 Å². The number of esters is 1. The lowest BCUT2D eigenvalue weighted by Gasteiger charge is -2.19. The maximum Gasteiger partial charge on any atom is 0.342 e. The van der Waals surface area contributed by atoms with Crippen molar-refractivity contribution in [3.05, 3.63) is 75.3 Å². The number of rotatable bonds is 2. The summed E-state index contributed by atoms with van der Waals surface area (Å²) in [7, 11) is 0. The number of carbonyl (C=O) groups excluding carboxylic acids is 1. The summed E-state index contributed by atoms with van der Waals surface area (Å²) in [6, 6.07) is 13.0. The molecule has 0 saturated heterocycles. The molecule has 2 aliphatic rings. The van der Waals surface area contributed by atoms with E-state index in [1.165, 1.54) is 12.1 Å². The standard InChI is InChI=1S/C16H10N2O5/c19-15-12-3-1-2-4-13(12)16(22-15)9-14(17-23-16)10-5-7-11(8-6-10)18(20)21/h1-8H,9H2. The second-order valence-electron chi connectivity index (χ2n) is 5.30. The van der Waals surface area contributed by atoms with E-state index in [9.17, 15) is 14.9 Å². The van der Waals surface area contributed by atoms with E-state index >= 15 is 0 Å². The Hall–Kier alpha value is -3.22. The van der Waals surface area contributed by atoms with Gasteiger partial charge in [-0.25, -0.2) is 4.79 Å². The van der Waals surface area contributed by atoms with Gasteiger partial charge in [0, 0.05) is 17.7 Å². The number of nitro groups is 1. The van der Waals surface area contributed by atoms with Gasteiger partial charge in [-0.1, -0.05) is 23.4 Å². The first-order valence-corrected chi connectivity index (χ1v) is 6.92. The molecule has 1 atom stereocenters. The average molecular weight is 310 g/mol. The highest BCUT2D eigenvalue weighted by Crippen LogP contribution is 2.44. The SMILES string of the molecule is O=C1OC2(CC(c3ccc([N+](=O)[O-])cc3)=NO2)c2ccccc21. The van der Waals surface area contributed by atoms with Crippen LogP contribution in [0, 0.1) is 10.1 Å². The summed E-state index contributed by atoms with van der Waals surface area (Å²) in [6.45, 7) is 0. The van der Waals surface area contributed by atoms with Gasteiger partial charge >= 0.3 is 11.8 Å². The molecule has 2 heterocycles. The van der Waals surface area contributed by atoms with E-state index < -0.39 is 16.7 Å². The Labute approximate surface area is 130 Å². The predicted octanol–water partition coefficient (Wildman–Crippen LogP) is 2.74. The number of benzene rings is 2. The fourth-order valence-corrected chi connectivity index (χ4v) is 2.80. The minimum atomic E-state index is -1.23. The third-order valence-corrected chi connectivity index (χ3v) is 3.93. The second-order valence-corrected chi connectivity index (χ2v) is 5.30. The Morgan fingerprint density at radius 2 is 1.87 bits per heavy atom. The molecule has 7 nitrogen and oxygen atoms in total. The topological polar surface area (TPSA) is 91.0 Å². The molecular weight excluding hydrogens is 300 g/mol. The number of fused-ring (bicyclic) bond motifs is 2. The molecule has 23 heavy (non-hydrogen) atoms. The van der Waals surface area contributed by atoms with Gasteiger partial charge in [0.05, 0.1) is 28.2 Å². The molecule has 0 N–H and O–H groups in total. The fraction of sp³-hybridized carbons (Fsp3) is 0.125. The van der Waals surface area contributed by atoms with Crippen LogP contribution in [0.5, 0.6) is 0 Å². The molecule has 0 fully saturated rings. The van der Waals surface area contributed by atoms with Crippen molar-refractivity contribution in [2.45, 2.75) is 12.2 Å². The molecule has 0 radical (unpaired) electrons. The van der Waals surface area contributed by atoms with Crippen LogP contribution in [0.15, 0.2) is 53.7 Å². The first-order chi connectivity index (χ1) is 11.1. The highest BCUT2D eigenvalue weighted by atomic mass is 16.8. The number of nitro benzene ring substituents is 1. The van der Waals surface area contributed by atoms with Gasteiger partial charge in [-0.2, -0.15) is 0 Å². The zero-order valence-electron chi connectivity index (χ0n) is 11.8. The van der Waals surface area contributed by atoms with Crippen molar-refractivity contribution in [3.63, 3.8) is 0 Å². The van der Waals surface area contributed by atoms with Gasteiger partial charge in [0.15, 0.2) is 0 Å². The van der Waals surface area contributed by atoms with Gasteiger partial charge in [-0.05, 0) is 18.2 Å². The van der Waals surface area contributed by atoms with Crippen LogP contribution in [0.3, 0.4) is 0 Å². The molecule has 0 bridgehead atoms. The summed E-state index contributed by atoms with van der Waals surface area (Å²) in [5, 5.41) is 14.7. The Bertz CT molecular complexity index is 859. The quantitative estimate of drug-likeness (QED) is 0.483. The minimum absolute atomic E-state index is 0.000573. The third kappa shape index (κ3) is 1.97. The summed E-state index contributed by atoms with van der Waals surface area (Å²) in [5.74, 6) is -1.68. The van der Waals surface area contributed by atoms with Crippen molar-refractivity contribution < 1.29 is 19.3 Å². The molecule has 0 aromatic heterocycles. The lowest BCUT2D eigenvalue weighted by Crippen LogP contribution is -2.26. The van der Waals surface area contributed by atoms with Crippen LogP contribution in [0.1, 0.15) is 27.9 Å². The van der Waals surface area contributed by atoms with Gasteiger partial charge in [-0.15, -0.1) is 0 Å². The maximum atomic E-state index is 12.0. The number of carbonyl (C=O) groups is 1. The van der Waals surface area contributed by atoms with E-state index in [2.05, 4.69) is 5.16 Å². The molecule has 0 saturated carbocycles. The summed E-state index contributed by atoms with van der Waals surface area (Å²) < 4.78 is 5.41. The zero-order valence-corrected chi connectivity index (χ0v) is 11.8. The molecule has 2 aromatic carbocycles. The van der Waals surface area contributed by atoms with Crippen LogP contribution in [-0.2, 0) is 15.4 Å². The van der Waals surface area contributed by atoms with E-state index in [-0.39, 0.29) is 12.1 Å². The Morgan fingerprint density at radius 3 is 2.61 bits per heavy atom. The molecule has 2 aromatic rings. The van der Waals surface area contributed by atoms with Gasteiger partial charge in [0.1, 0.15) is 0 Å². The fourth-order valence-electron chi connectivity index (χ4n) is 2.80. The molecule has 1 unspecified atom stereocenters. The van der Waals surface area contributed by atoms with Crippen LogP contribution < -0.4 is 0 Å². The number of nitrogens with zero attached hydrogens (tertiary/aromatic N) is 2. The van der Waals surface area contributed by atoms with E-state index in [1.54, 1.807) is 36.4 Å². The molecule has 7 heteroatoms. The van der Waals surface area contributed by atoms with Crippen molar-refractivity contribution in [1.29, 1.82) is 0 Å². The zero-order chi connectivity index (χ0) is 16.0. The van der Waals surface area contributed by atoms with Crippen molar-refractivity contribution in [1.82, 2.24) is 0 Å². The molecule has 2 aliphatic heterocycles. The molecular formula is C16H10N2O5. The van der Waals surface area contributed by atoms with Gasteiger partial charge in [0.25, 0.3) is 5.69 Å². The van der Waals surface area contributed by atoms with Crippen molar-refractivity contribution in [2.75, 3.05) is 0 Å². The lowest BCUT2D eigenvalue weighted by molar-refractivity contribution is -0.384. The Morgan fingerprint density at radius 1 is 1.13 bits per heavy atom. The number of oxime groups is 1. The molecule has 0 aliphatic carbocycles.